The van der Waals surface area contributed by atoms with Gasteiger partial charge in [0.25, 0.3) is 0 Å². The molecule has 0 fully saturated rings. The molecule has 0 spiro atoms. The summed E-state index contributed by atoms with van der Waals surface area (Å²) in [7, 11) is 0. The number of urea groups is 1. The summed E-state index contributed by atoms with van der Waals surface area (Å²) >= 11 is 1.32. The third-order valence-corrected chi connectivity index (χ3v) is 5.47. The summed E-state index contributed by atoms with van der Waals surface area (Å²) in [6, 6.07) is 11.7. The number of amides is 2. The lowest BCUT2D eigenvalue weighted by Crippen LogP contribution is -2.47. The molecule has 2 aromatic carbocycles. The van der Waals surface area contributed by atoms with Crippen LogP contribution in [0.2, 0.25) is 0 Å². The van der Waals surface area contributed by atoms with Gasteiger partial charge in [-0.1, -0.05) is 12.1 Å². The van der Waals surface area contributed by atoms with Crippen LogP contribution in [-0.2, 0) is 6.18 Å². The lowest BCUT2D eigenvalue weighted by Gasteiger charge is -2.37. The smallest absolute Gasteiger partial charge is 0.310 e. The molecule has 1 N–H and O–H groups in total. The van der Waals surface area contributed by atoms with Gasteiger partial charge in [0.15, 0.2) is 0 Å². The number of nitriles is 2. The van der Waals surface area contributed by atoms with Crippen LogP contribution in [0.3, 0.4) is 0 Å². The van der Waals surface area contributed by atoms with E-state index in [1.807, 2.05) is 6.07 Å². The first-order valence-corrected chi connectivity index (χ1v) is 9.90. The summed E-state index contributed by atoms with van der Waals surface area (Å²) < 4.78 is 39.7. The second-order valence-corrected chi connectivity index (χ2v) is 7.32. The summed E-state index contributed by atoms with van der Waals surface area (Å²) in [5.41, 5.74) is 0.572. The first-order chi connectivity index (χ1) is 14.2. The number of halogens is 3. The number of benzene rings is 2. The van der Waals surface area contributed by atoms with Crippen molar-refractivity contribution in [2.75, 3.05) is 11.2 Å². The highest BCUT2D eigenvalue weighted by molar-refractivity contribution is 7.98. The molecule has 152 valence electrons. The third-order valence-electron chi connectivity index (χ3n) is 4.68. The fraction of sp³-hybridized carbons (Fsp3) is 0.190. The maximum atomic E-state index is 13.2. The van der Waals surface area contributed by atoms with Crippen molar-refractivity contribution in [3.05, 3.63) is 70.4 Å². The minimum Gasteiger partial charge on any atom is -0.310 e. The second kappa shape index (κ2) is 8.13. The van der Waals surface area contributed by atoms with Crippen LogP contribution in [0.25, 0.3) is 0 Å². The van der Waals surface area contributed by atoms with Crippen LogP contribution in [-0.4, -0.2) is 12.3 Å². The van der Waals surface area contributed by atoms with E-state index in [2.05, 4.69) is 11.4 Å². The Morgan fingerprint density at radius 3 is 2.47 bits per heavy atom. The molecule has 0 unspecified atom stereocenters. The highest BCUT2D eigenvalue weighted by atomic mass is 32.2. The molecule has 0 aromatic heterocycles. The average molecular weight is 428 g/mol. The lowest BCUT2D eigenvalue weighted by atomic mass is 9.93. The fourth-order valence-corrected chi connectivity index (χ4v) is 3.94. The van der Waals surface area contributed by atoms with Gasteiger partial charge < -0.3 is 5.32 Å². The largest absolute Gasteiger partial charge is 0.416 e. The Morgan fingerprint density at radius 1 is 1.13 bits per heavy atom. The molecule has 1 aliphatic heterocycles. The third kappa shape index (κ3) is 3.85. The Labute approximate surface area is 175 Å². The molecule has 1 aliphatic rings. The SMILES string of the molecule is CSc1cc(C#N)ccc1[C@@H]1C(C#N)=C(C)NC(=O)N1c1cccc(C(F)(F)F)c1. The minimum absolute atomic E-state index is 0.00369. The predicted octanol–water partition coefficient (Wildman–Crippen LogP) is 5.37. The molecule has 2 amide bonds. The highest BCUT2D eigenvalue weighted by Crippen LogP contribution is 2.41. The van der Waals surface area contributed by atoms with Crippen molar-refractivity contribution < 1.29 is 18.0 Å². The Kier molecular flexibility index (Phi) is 5.77. The van der Waals surface area contributed by atoms with Gasteiger partial charge in [-0.25, -0.2) is 4.79 Å². The van der Waals surface area contributed by atoms with E-state index >= 15 is 0 Å². The number of carbonyl (C=O) groups excluding carboxylic acids is 1. The van der Waals surface area contributed by atoms with Gasteiger partial charge in [0.2, 0.25) is 0 Å². The van der Waals surface area contributed by atoms with Gasteiger partial charge in [-0.3, -0.25) is 4.90 Å². The Hall–Kier alpha value is -3.43. The van der Waals surface area contributed by atoms with E-state index in [0.717, 1.165) is 17.0 Å². The monoisotopic (exact) mass is 428 g/mol. The number of hydrogen-bond donors (Lipinski definition) is 1. The van der Waals surface area contributed by atoms with E-state index in [-0.39, 0.29) is 11.3 Å². The number of allylic oxidation sites excluding steroid dienone is 1. The molecule has 9 heteroatoms. The van der Waals surface area contributed by atoms with Crippen LogP contribution in [0, 0.1) is 22.7 Å². The maximum absolute atomic E-state index is 13.2. The van der Waals surface area contributed by atoms with E-state index in [0.29, 0.717) is 21.7 Å². The number of nitrogens with zero attached hydrogens (tertiary/aromatic N) is 3. The van der Waals surface area contributed by atoms with Crippen LogP contribution >= 0.6 is 11.8 Å². The topological polar surface area (TPSA) is 79.9 Å². The van der Waals surface area contributed by atoms with Crippen LogP contribution in [0.15, 0.2) is 58.6 Å². The van der Waals surface area contributed by atoms with Gasteiger partial charge >= 0.3 is 12.2 Å². The van der Waals surface area contributed by atoms with Gasteiger partial charge in [-0.15, -0.1) is 11.8 Å². The van der Waals surface area contributed by atoms with Gasteiger partial charge in [0, 0.05) is 16.3 Å². The van der Waals surface area contributed by atoms with Crippen molar-refractivity contribution in [2.24, 2.45) is 0 Å². The van der Waals surface area contributed by atoms with Crippen molar-refractivity contribution >= 4 is 23.5 Å². The molecule has 0 saturated carbocycles. The molecule has 30 heavy (non-hydrogen) atoms. The number of alkyl halides is 3. The Morgan fingerprint density at radius 2 is 1.87 bits per heavy atom. The van der Waals surface area contributed by atoms with E-state index in [1.165, 1.54) is 23.9 Å². The normalized spacial score (nSPS) is 16.7. The van der Waals surface area contributed by atoms with Crippen molar-refractivity contribution in [3.8, 4) is 12.1 Å². The van der Waals surface area contributed by atoms with Gasteiger partial charge in [0.1, 0.15) is 6.04 Å². The molecule has 3 rings (SSSR count). The standard InChI is InChI=1S/C21H15F3N4OS/c1-12-17(11-26)19(16-7-6-13(10-25)8-18(16)30-2)28(20(29)27-12)15-5-3-4-14(9-15)21(22,23)24/h3-9,19H,1-2H3,(H,27,29)/t19-/m1/s1. The Bertz CT molecular complexity index is 1130. The summed E-state index contributed by atoms with van der Waals surface area (Å²) in [6.45, 7) is 1.56. The predicted molar refractivity (Wildman–Crippen MR) is 106 cm³/mol. The van der Waals surface area contributed by atoms with Crippen molar-refractivity contribution in [1.29, 1.82) is 10.5 Å². The second-order valence-electron chi connectivity index (χ2n) is 6.47. The minimum atomic E-state index is -4.58. The molecule has 0 radical (unpaired) electrons. The maximum Gasteiger partial charge on any atom is 0.416 e. The molecular weight excluding hydrogens is 413 g/mol. The van der Waals surface area contributed by atoms with E-state index in [4.69, 9.17) is 0 Å². The van der Waals surface area contributed by atoms with E-state index in [9.17, 15) is 28.5 Å². The number of carbonyl (C=O) groups is 1. The number of rotatable bonds is 3. The number of thioether (sulfide) groups is 1. The zero-order valence-corrected chi connectivity index (χ0v) is 16.7. The van der Waals surface area contributed by atoms with Gasteiger partial charge in [0.05, 0.1) is 28.8 Å². The quantitative estimate of drug-likeness (QED) is 0.667. The van der Waals surface area contributed by atoms with Gasteiger partial charge in [-0.05, 0) is 49.1 Å². The van der Waals surface area contributed by atoms with Crippen molar-refractivity contribution in [3.63, 3.8) is 0 Å². The van der Waals surface area contributed by atoms with E-state index in [1.54, 1.807) is 31.4 Å². The number of anilines is 1. The highest BCUT2D eigenvalue weighted by Gasteiger charge is 2.38. The molecular formula is C21H15F3N4OS. The first kappa shape index (κ1) is 21.3. The summed E-state index contributed by atoms with van der Waals surface area (Å²) in [4.78, 5) is 14.7. The molecule has 0 aliphatic carbocycles. The molecule has 2 aromatic rings. The average Bonchev–Trinajstić information content (AvgIpc) is 2.72. The van der Waals surface area contributed by atoms with Crippen LogP contribution < -0.4 is 10.2 Å². The molecule has 5 nitrogen and oxygen atoms in total. The van der Waals surface area contributed by atoms with Crippen LogP contribution in [0.1, 0.15) is 29.7 Å². The molecule has 1 heterocycles. The zero-order chi connectivity index (χ0) is 22.1. The summed E-state index contributed by atoms with van der Waals surface area (Å²) in [6.07, 6.45) is -2.80. The van der Waals surface area contributed by atoms with Crippen LogP contribution in [0.4, 0.5) is 23.7 Å². The number of nitrogens with one attached hydrogen (secondary N) is 1. The van der Waals surface area contributed by atoms with Gasteiger partial charge in [-0.2, -0.15) is 23.7 Å². The molecule has 0 saturated heterocycles. The summed E-state index contributed by atoms with van der Waals surface area (Å²) in [5, 5.41) is 21.5. The molecule has 0 bridgehead atoms. The van der Waals surface area contributed by atoms with E-state index < -0.39 is 23.8 Å². The lowest BCUT2D eigenvalue weighted by molar-refractivity contribution is -0.137. The van der Waals surface area contributed by atoms with Crippen LogP contribution in [0.5, 0.6) is 0 Å². The molecule has 1 atom stereocenters. The fourth-order valence-electron chi connectivity index (χ4n) is 3.28. The van der Waals surface area contributed by atoms with Crippen molar-refractivity contribution in [2.45, 2.75) is 24.0 Å². The first-order valence-electron chi connectivity index (χ1n) is 8.67. The summed E-state index contributed by atoms with van der Waals surface area (Å²) in [5.74, 6) is 0. The number of hydrogen-bond acceptors (Lipinski definition) is 4. The zero-order valence-electron chi connectivity index (χ0n) is 15.9. The van der Waals surface area contributed by atoms with Crippen molar-refractivity contribution in [1.82, 2.24) is 5.32 Å². The Balaban J connectivity index is 2.26.